The minimum atomic E-state index is -0.261. The van der Waals surface area contributed by atoms with Crippen molar-refractivity contribution in [2.75, 3.05) is 47.4 Å². The van der Waals surface area contributed by atoms with Gasteiger partial charge in [0.2, 0.25) is 5.95 Å². The molecule has 4 aromatic rings. The van der Waals surface area contributed by atoms with Crippen LogP contribution in [0.2, 0.25) is 0 Å². The molecule has 1 unspecified atom stereocenters. The van der Waals surface area contributed by atoms with Crippen molar-refractivity contribution < 1.29 is 9.18 Å². The van der Waals surface area contributed by atoms with E-state index >= 15 is 0 Å². The predicted octanol–water partition coefficient (Wildman–Crippen LogP) is 5.29. The van der Waals surface area contributed by atoms with Gasteiger partial charge >= 0.3 is 0 Å². The molecule has 212 valence electrons. The van der Waals surface area contributed by atoms with E-state index in [1.165, 1.54) is 12.1 Å². The van der Waals surface area contributed by atoms with E-state index in [0.29, 0.717) is 18.2 Å². The molecule has 2 aliphatic rings. The fraction of sp³-hybridized carbons (Fsp3) is 0.355. The zero-order valence-electron chi connectivity index (χ0n) is 23.4. The third-order valence-corrected chi connectivity index (χ3v) is 8.75. The third kappa shape index (κ3) is 6.02. The SMILES string of the molecule is Cc1cc(C(=O)NCc2cccs2)cnc1N1CCN(c2cc(-c3ccc(F)cc3)nc(N3CCCC3C)n2)CC1. The van der Waals surface area contributed by atoms with E-state index in [2.05, 4.69) is 31.9 Å². The number of aromatic nitrogens is 3. The zero-order chi connectivity index (χ0) is 28.3. The molecule has 0 aliphatic carbocycles. The van der Waals surface area contributed by atoms with E-state index < -0.39 is 0 Å². The standard InChI is InChI=1S/C31H34FN7OS/c1-21-17-24(30(40)34-20-26-6-4-16-41-26)19-33-29(21)38-14-12-37(13-15-38)28-18-27(23-7-9-25(32)10-8-23)35-31(36-28)39-11-3-5-22(39)2/h4,6-10,16-19,22H,3,5,11-15,20H2,1-2H3,(H,34,40). The van der Waals surface area contributed by atoms with E-state index in [9.17, 15) is 9.18 Å². The number of carbonyl (C=O) groups excluding carboxylic acids is 1. The summed E-state index contributed by atoms with van der Waals surface area (Å²) in [5.74, 6) is 2.15. The predicted molar refractivity (Wildman–Crippen MR) is 162 cm³/mol. The van der Waals surface area contributed by atoms with Gasteiger partial charge in [-0.2, -0.15) is 4.98 Å². The number of hydrogen-bond acceptors (Lipinski definition) is 8. The average molecular weight is 572 g/mol. The summed E-state index contributed by atoms with van der Waals surface area (Å²) in [6, 6.07) is 14.8. The van der Waals surface area contributed by atoms with Crippen molar-refractivity contribution in [2.45, 2.75) is 39.3 Å². The molecule has 6 rings (SSSR count). The zero-order valence-corrected chi connectivity index (χ0v) is 24.2. The summed E-state index contributed by atoms with van der Waals surface area (Å²) in [6.45, 7) is 8.79. The highest BCUT2D eigenvalue weighted by atomic mass is 32.1. The van der Waals surface area contributed by atoms with E-state index in [1.54, 1.807) is 29.7 Å². The molecule has 8 nitrogen and oxygen atoms in total. The van der Waals surface area contributed by atoms with E-state index in [4.69, 9.17) is 9.97 Å². The second kappa shape index (κ2) is 11.8. The van der Waals surface area contributed by atoms with Crippen LogP contribution in [0, 0.1) is 12.7 Å². The lowest BCUT2D eigenvalue weighted by Crippen LogP contribution is -2.47. The minimum Gasteiger partial charge on any atom is -0.353 e. The van der Waals surface area contributed by atoms with Gasteiger partial charge in [0.25, 0.3) is 5.91 Å². The van der Waals surface area contributed by atoms with E-state index in [-0.39, 0.29) is 11.7 Å². The number of amides is 1. The highest BCUT2D eigenvalue weighted by Crippen LogP contribution is 2.30. The Morgan fingerprint density at radius 1 is 1.05 bits per heavy atom. The van der Waals surface area contributed by atoms with Crippen LogP contribution >= 0.6 is 11.3 Å². The van der Waals surface area contributed by atoms with Gasteiger partial charge < -0.3 is 20.0 Å². The molecule has 0 saturated carbocycles. The van der Waals surface area contributed by atoms with Crippen LogP contribution < -0.4 is 20.0 Å². The molecule has 2 aliphatic heterocycles. The highest BCUT2D eigenvalue weighted by molar-refractivity contribution is 7.09. The molecule has 3 aromatic heterocycles. The Kier molecular flexibility index (Phi) is 7.82. The highest BCUT2D eigenvalue weighted by Gasteiger charge is 2.26. The number of carbonyl (C=O) groups is 1. The first kappa shape index (κ1) is 27.1. The number of thiophene rings is 1. The largest absolute Gasteiger partial charge is 0.353 e. The Balaban J connectivity index is 1.16. The molecule has 1 aromatic carbocycles. The smallest absolute Gasteiger partial charge is 0.253 e. The second-order valence-corrected chi connectivity index (χ2v) is 11.7. The molecule has 0 radical (unpaired) electrons. The lowest BCUT2D eigenvalue weighted by Gasteiger charge is -2.37. The van der Waals surface area contributed by atoms with Crippen LogP contribution in [0.15, 0.2) is 60.1 Å². The summed E-state index contributed by atoms with van der Waals surface area (Å²) in [5.41, 5.74) is 3.23. The first-order chi connectivity index (χ1) is 19.9. The van der Waals surface area contributed by atoms with Gasteiger partial charge in [-0.1, -0.05) is 6.07 Å². The molecule has 2 fully saturated rings. The van der Waals surface area contributed by atoms with Crippen LogP contribution in [-0.4, -0.2) is 59.6 Å². The number of piperazine rings is 1. The van der Waals surface area contributed by atoms with E-state index in [0.717, 1.165) is 84.8 Å². The maximum atomic E-state index is 13.6. The number of nitrogens with one attached hydrogen (secondary N) is 1. The van der Waals surface area contributed by atoms with Crippen LogP contribution in [0.25, 0.3) is 11.3 Å². The van der Waals surface area contributed by atoms with Crippen molar-refractivity contribution >= 4 is 34.8 Å². The van der Waals surface area contributed by atoms with Crippen LogP contribution in [0.5, 0.6) is 0 Å². The molecule has 1 atom stereocenters. The fourth-order valence-corrected chi connectivity index (χ4v) is 6.21. The van der Waals surface area contributed by atoms with Crippen LogP contribution in [0.1, 0.15) is 40.6 Å². The molecule has 5 heterocycles. The lowest BCUT2D eigenvalue weighted by molar-refractivity contribution is 0.0951. The van der Waals surface area contributed by atoms with Crippen molar-refractivity contribution in [3.63, 3.8) is 0 Å². The number of nitrogens with zero attached hydrogens (tertiary/aromatic N) is 6. The average Bonchev–Trinajstić information content (AvgIpc) is 3.68. The van der Waals surface area contributed by atoms with Crippen molar-refractivity contribution in [2.24, 2.45) is 0 Å². The van der Waals surface area contributed by atoms with Gasteiger partial charge in [-0.3, -0.25) is 4.79 Å². The first-order valence-electron chi connectivity index (χ1n) is 14.1. The third-order valence-electron chi connectivity index (χ3n) is 7.87. The number of pyridine rings is 1. The molecule has 2 saturated heterocycles. The number of rotatable bonds is 7. The van der Waals surface area contributed by atoms with Gasteiger partial charge in [0.05, 0.1) is 17.8 Å². The molecule has 41 heavy (non-hydrogen) atoms. The van der Waals surface area contributed by atoms with Gasteiger partial charge in [0, 0.05) is 61.5 Å². The first-order valence-corrected chi connectivity index (χ1v) is 15.0. The van der Waals surface area contributed by atoms with Gasteiger partial charge in [0.1, 0.15) is 17.5 Å². The Hall–Kier alpha value is -4.05. The number of halogens is 1. The molecule has 0 spiro atoms. The Bertz CT molecular complexity index is 1500. The molecular weight excluding hydrogens is 537 g/mol. The minimum absolute atomic E-state index is 0.116. The molecule has 1 N–H and O–H groups in total. The molecule has 10 heteroatoms. The van der Waals surface area contributed by atoms with Crippen molar-refractivity contribution in [1.29, 1.82) is 0 Å². The normalized spacial score (nSPS) is 17.2. The lowest BCUT2D eigenvalue weighted by atomic mass is 10.1. The Morgan fingerprint density at radius 2 is 1.83 bits per heavy atom. The fourth-order valence-electron chi connectivity index (χ4n) is 5.56. The quantitative estimate of drug-likeness (QED) is 0.323. The molecule has 0 bridgehead atoms. The maximum absolute atomic E-state index is 13.6. The Labute approximate surface area is 243 Å². The number of anilines is 3. The van der Waals surface area contributed by atoms with Gasteiger partial charge in [-0.05, 0) is 74.0 Å². The number of aryl methyl sites for hydroxylation is 1. The van der Waals surface area contributed by atoms with Crippen molar-refractivity contribution in [3.8, 4) is 11.3 Å². The maximum Gasteiger partial charge on any atom is 0.253 e. The van der Waals surface area contributed by atoms with Gasteiger partial charge in [-0.25, -0.2) is 14.4 Å². The molecular formula is C31H34FN7OS. The summed E-state index contributed by atoms with van der Waals surface area (Å²) in [7, 11) is 0. The van der Waals surface area contributed by atoms with Crippen LogP contribution in [0.3, 0.4) is 0 Å². The second-order valence-electron chi connectivity index (χ2n) is 10.7. The summed E-state index contributed by atoms with van der Waals surface area (Å²) in [5, 5.41) is 4.98. The van der Waals surface area contributed by atoms with Crippen LogP contribution in [0.4, 0.5) is 22.0 Å². The van der Waals surface area contributed by atoms with E-state index in [1.807, 2.05) is 36.6 Å². The van der Waals surface area contributed by atoms with Crippen LogP contribution in [-0.2, 0) is 6.54 Å². The summed E-state index contributed by atoms with van der Waals surface area (Å²) in [4.78, 5) is 35.2. The van der Waals surface area contributed by atoms with Gasteiger partial charge in [-0.15, -0.1) is 11.3 Å². The summed E-state index contributed by atoms with van der Waals surface area (Å²) < 4.78 is 13.6. The topological polar surface area (TPSA) is 77.5 Å². The summed E-state index contributed by atoms with van der Waals surface area (Å²) >= 11 is 1.63. The number of benzene rings is 1. The van der Waals surface area contributed by atoms with Gasteiger partial charge in [0.15, 0.2) is 0 Å². The number of hydrogen-bond donors (Lipinski definition) is 1. The van der Waals surface area contributed by atoms with Crippen molar-refractivity contribution in [3.05, 3.63) is 81.9 Å². The monoisotopic (exact) mass is 571 g/mol. The summed E-state index contributed by atoms with van der Waals surface area (Å²) in [6.07, 6.45) is 3.92. The Morgan fingerprint density at radius 3 is 2.51 bits per heavy atom. The van der Waals surface area contributed by atoms with Crippen molar-refractivity contribution in [1.82, 2.24) is 20.3 Å². The molecule has 1 amide bonds.